The molecule has 1 aliphatic rings. The van der Waals surface area contributed by atoms with Crippen LogP contribution < -0.4 is 5.32 Å². The number of hydrogen-bond acceptors (Lipinski definition) is 4. The molecule has 31 heavy (non-hydrogen) atoms. The molecule has 0 unspecified atom stereocenters. The van der Waals surface area contributed by atoms with Gasteiger partial charge in [-0.25, -0.2) is 8.42 Å². The molecule has 4 rings (SSSR count). The van der Waals surface area contributed by atoms with Crippen molar-refractivity contribution in [1.82, 2.24) is 14.6 Å². The molecule has 1 fully saturated rings. The first-order valence-corrected chi connectivity index (χ1v) is 11.9. The minimum absolute atomic E-state index is 0.224. The van der Waals surface area contributed by atoms with Crippen LogP contribution in [0.5, 0.6) is 0 Å². The maximum Gasteiger partial charge on any atom is 0.244 e. The van der Waals surface area contributed by atoms with E-state index >= 15 is 0 Å². The zero-order chi connectivity index (χ0) is 21.7. The zero-order valence-electron chi connectivity index (χ0n) is 17.2. The summed E-state index contributed by atoms with van der Waals surface area (Å²) in [4.78, 5) is 16.9. The Morgan fingerprint density at radius 1 is 1.00 bits per heavy atom. The predicted octanol–water partition coefficient (Wildman–Crippen LogP) is 3.74. The fraction of sp³-hybridized carbons (Fsp3) is 0.250. The van der Waals surface area contributed by atoms with Crippen LogP contribution in [-0.2, 0) is 21.4 Å². The molecule has 0 spiro atoms. The number of carbonyl (C=O) groups is 1. The van der Waals surface area contributed by atoms with Gasteiger partial charge in [0.25, 0.3) is 0 Å². The van der Waals surface area contributed by atoms with Gasteiger partial charge < -0.3 is 5.32 Å². The monoisotopic (exact) mass is 435 g/mol. The molecule has 1 saturated heterocycles. The zero-order valence-corrected chi connectivity index (χ0v) is 18.0. The van der Waals surface area contributed by atoms with Gasteiger partial charge >= 0.3 is 0 Å². The van der Waals surface area contributed by atoms with E-state index in [1.807, 2.05) is 30.3 Å². The Bertz CT molecular complexity index is 1190. The van der Waals surface area contributed by atoms with Crippen LogP contribution in [0.15, 0.2) is 71.8 Å². The van der Waals surface area contributed by atoms with Gasteiger partial charge in [-0.2, -0.15) is 4.31 Å². The van der Waals surface area contributed by atoms with E-state index in [0.29, 0.717) is 24.5 Å². The molecule has 0 saturated carbocycles. The van der Waals surface area contributed by atoms with Crippen molar-refractivity contribution in [3.05, 3.63) is 78.0 Å². The van der Waals surface area contributed by atoms with Crippen molar-refractivity contribution in [2.24, 2.45) is 0 Å². The Kier molecular flexibility index (Phi) is 6.44. The van der Waals surface area contributed by atoms with Crippen LogP contribution >= 0.6 is 0 Å². The predicted molar refractivity (Wildman–Crippen MR) is 122 cm³/mol. The average molecular weight is 436 g/mol. The molecule has 0 bridgehead atoms. The SMILES string of the molecule is O=C(/C=C/c1cccc2cccnc12)NCc1ccc(S(=O)(=O)N2CCCCC2)cc1. The second kappa shape index (κ2) is 9.41. The third-order valence-corrected chi connectivity index (χ3v) is 7.33. The summed E-state index contributed by atoms with van der Waals surface area (Å²) in [6.07, 6.45) is 7.86. The summed E-state index contributed by atoms with van der Waals surface area (Å²) in [6, 6.07) is 16.4. The van der Waals surface area contributed by atoms with Gasteiger partial charge in [0.2, 0.25) is 15.9 Å². The van der Waals surface area contributed by atoms with Gasteiger partial charge in [0, 0.05) is 42.9 Å². The molecular weight excluding hydrogens is 410 g/mol. The number of sulfonamides is 1. The second-order valence-corrected chi connectivity index (χ2v) is 9.52. The van der Waals surface area contributed by atoms with Crippen LogP contribution in [0.4, 0.5) is 0 Å². The third-order valence-electron chi connectivity index (χ3n) is 5.42. The number of fused-ring (bicyclic) bond motifs is 1. The smallest absolute Gasteiger partial charge is 0.244 e. The van der Waals surface area contributed by atoms with E-state index in [1.54, 1.807) is 40.8 Å². The topological polar surface area (TPSA) is 79.4 Å². The largest absolute Gasteiger partial charge is 0.348 e. The molecule has 1 amide bonds. The van der Waals surface area contributed by atoms with Crippen LogP contribution in [0.3, 0.4) is 0 Å². The molecule has 7 heteroatoms. The van der Waals surface area contributed by atoms with E-state index in [1.165, 1.54) is 6.08 Å². The minimum Gasteiger partial charge on any atom is -0.348 e. The lowest BCUT2D eigenvalue weighted by Gasteiger charge is -2.25. The van der Waals surface area contributed by atoms with Gasteiger partial charge in [0.15, 0.2) is 0 Å². The molecule has 1 aromatic heterocycles. The van der Waals surface area contributed by atoms with E-state index in [2.05, 4.69) is 10.3 Å². The molecule has 3 aromatic rings. The molecule has 1 N–H and O–H groups in total. The Hall–Kier alpha value is -3.03. The normalized spacial score (nSPS) is 15.4. The van der Waals surface area contributed by atoms with Crippen LogP contribution in [0.25, 0.3) is 17.0 Å². The average Bonchev–Trinajstić information content (AvgIpc) is 2.82. The van der Waals surface area contributed by atoms with E-state index in [-0.39, 0.29) is 5.91 Å². The van der Waals surface area contributed by atoms with Crippen molar-refractivity contribution in [2.75, 3.05) is 13.1 Å². The van der Waals surface area contributed by atoms with Gasteiger partial charge in [-0.1, -0.05) is 42.8 Å². The Morgan fingerprint density at radius 2 is 1.74 bits per heavy atom. The molecule has 2 heterocycles. The molecule has 0 atom stereocenters. The number of piperidine rings is 1. The number of benzene rings is 2. The summed E-state index contributed by atoms with van der Waals surface area (Å²) in [6.45, 7) is 1.48. The lowest BCUT2D eigenvalue weighted by atomic mass is 10.1. The number of carbonyl (C=O) groups excluding carboxylic acids is 1. The highest BCUT2D eigenvalue weighted by atomic mass is 32.2. The molecule has 0 radical (unpaired) electrons. The lowest BCUT2D eigenvalue weighted by molar-refractivity contribution is -0.116. The fourth-order valence-corrected chi connectivity index (χ4v) is 5.23. The summed E-state index contributed by atoms with van der Waals surface area (Å²) in [7, 11) is -3.44. The fourth-order valence-electron chi connectivity index (χ4n) is 3.71. The minimum atomic E-state index is -3.44. The van der Waals surface area contributed by atoms with Gasteiger partial charge in [0.1, 0.15) is 0 Å². The number of rotatable bonds is 6. The van der Waals surface area contributed by atoms with Crippen LogP contribution in [0.2, 0.25) is 0 Å². The van der Waals surface area contributed by atoms with E-state index in [4.69, 9.17) is 0 Å². The molecule has 6 nitrogen and oxygen atoms in total. The number of pyridine rings is 1. The molecule has 160 valence electrons. The maximum absolute atomic E-state index is 12.7. The Morgan fingerprint density at radius 3 is 2.52 bits per heavy atom. The van der Waals surface area contributed by atoms with Crippen molar-refractivity contribution in [3.63, 3.8) is 0 Å². The van der Waals surface area contributed by atoms with Crippen LogP contribution in [0.1, 0.15) is 30.4 Å². The first-order chi connectivity index (χ1) is 15.0. The Labute approximate surface area is 182 Å². The highest BCUT2D eigenvalue weighted by Gasteiger charge is 2.25. The molecule has 1 aliphatic heterocycles. The van der Waals surface area contributed by atoms with E-state index in [9.17, 15) is 13.2 Å². The second-order valence-electron chi connectivity index (χ2n) is 7.58. The number of nitrogens with one attached hydrogen (secondary N) is 1. The van der Waals surface area contributed by atoms with E-state index < -0.39 is 10.0 Å². The van der Waals surface area contributed by atoms with Crippen molar-refractivity contribution in [3.8, 4) is 0 Å². The number of para-hydroxylation sites is 1. The summed E-state index contributed by atoms with van der Waals surface area (Å²) in [5.74, 6) is -0.224. The highest BCUT2D eigenvalue weighted by Crippen LogP contribution is 2.21. The van der Waals surface area contributed by atoms with Gasteiger partial charge in [-0.15, -0.1) is 0 Å². The summed E-state index contributed by atoms with van der Waals surface area (Å²) in [5, 5.41) is 3.85. The summed E-state index contributed by atoms with van der Waals surface area (Å²) >= 11 is 0. The molecule has 2 aromatic carbocycles. The van der Waals surface area contributed by atoms with Gasteiger partial charge in [0.05, 0.1) is 10.4 Å². The summed E-state index contributed by atoms with van der Waals surface area (Å²) in [5.41, 5.74) is 2.56. The number of hydrogen-bond donors (Lipinski definition) is 1. The number of aromatic nitrogens is 1. The quantitative estimate of drug-likeness (QED) is 0.598. The van der Waals surface area contributed by atoms with Gasteiger partial charge in [-0.3, -0.25) is 9.78 Å². The van der Waals surface area contributed by atoms with E-state index in [0.717, 1.165) is 41.3 Å². The van der Waals surface area contributed by atoms with Crippen molar-refractivity contribution in [1.29, 1.82) is 0 Å². The van der Waals surface area contributed by atoms with Crippen molar-refractivity contribution in [2.45, 2.75) is 30.7 Å². The van der Waals surface area contributed by atoms with Crippen molar-refractivity contribution < 1.29 is 13.2 Å². The summed E-state index contributed by atoms with van der Waals surface area (Å²) < 4.78 is 27.0. The maximum atomic E-state index is 12.7. The Balaban J connectivity index is 1.37. The van der Waals surface area contributed by atoms with Crippen molar-refractivity contribution >= 4 is 32.9 Å². The van der Waals surface area contributed by atoms with Gasteiger partial charge in [-0.05, 0) is 42.7 Å². The first-order valence-electron chi connectivity index (χ1n) is 10.4. The lowest BCUT2D eigenvalue weighted by Crippen LogP contribution is -2.35. The van der Waals surface area contributed by atoms with Crippen LogP contribution in [-0.4, -0.2) is 36.7 Å². The molecular formula is C24H25N3O3S. The first kappa shape index (κ1) is 21.2. The number of amides is 1. The van der Waals surface area contributed by atoms with Crippen LogP contribution in [0, 0.1) is 0 Å². The highest BCUT2D eigenvalue weighted by molar-refractivity contribution is 7.89. The molecule has 0 aliphatic carbocycles. The number of nitrogens with zero attached hydrogens (tertiary/aromatic N) is 2. The third kappa shape index (κ3) is 5.00. The standard InChI is InChI=1S/C24H25N3O3S/c28-23(14-11-21-7-4-6-20-8-5-15-25-24(20)21)26-18-19-9-12-22(13-10-19)31(29,30)27-16-2-1-3-17-27/h4-15H,1-3,16-18H2,(H,26,28)/b14-11+.